The molecular weight excluding hydrogens is 444 g/mol. The molecule has 4 aromatic rings. The molecular formula is C23H18N4O5S. The fourth-order valence-electron chi connectivity index (χ4n) is 3.31. The zero-order valence-electron chi connectivity index (χ0n) is 17.2. The number of benzene rings is 2. The number of nitrogens with zero attached hydrogens (tertiary/aromatic N) is 2. The third kappa shape index (κ3) is 4.70. The highest BCUT2D eigenvalue weighted by Gasteiger charge is 2.24. The summed E-state index contributed by atoms with van der Waals surface area (Å²) in [4.78, 5) is 25.6. The number of hydrogen-bond donors (Lipinski definition) is 2. The van der Waals surface area contributed by atoms with Crippen molar-refractivity contribution in [3.63, 3.8) is 0 Å². The van der Waals surface area contributed by atoms with Crippen molar-refractivity contribution in [2.24, 2.45) is 0 Å². The fourth-order valence-corrected chi connectivity index (χ4v) is 4.05. The van der Waals surface area contributed by atoms with Crippen LogP contribution in [0.3, 0.4) is 0 Å². The van der Waals surface area contributed by atoms with E-state index in [-0.39, 0.29) is 12.6 Å². The standard InChI is InChI=1S/C23H18N4O5S/c28-20(16(11-14-5-2-1-3-6-14)24-21(29)18-7-4-10-30-18)25-23-27-26-22(33-23)15-8-9-17-19(12-15)32-13-31-17/h1-10,12,16H,11,13H2,(H,24,29)(H,25,27,28). The van der Waals surface area contributed by atoms with Crippen molar-refractivity contribution >= 4 is 28.3 Å². The van der Waals surface area contributed by atoms with Gasteiger partial charge in [-0.15, -0.1) is 10.2 Å². The number of anilines is 1. The van der Waals surface area contributed by atoms with Crippen LogP contribution in [0.2, 0.25) is 0 Å². The summed E-state index contributed by atoms with van der Waals surface area (Å²) >= 11 is 1.22. The van der Waals surface area contributed by atoms with E-state index in [1.807, 2.05) is 42.5 Å². The Morgan fingerprint density at radius 3 is 2.67 bits per heavy atom. The molecule has 9 nitrogen and oxygen atoms in total. The number of hydrogen-bond acceptors (Lipinski definition) is 8. The number of furan rings is 1. The van der Waals surface area contributed by atoms with Gasteiger partial charge in [-0.25, -0.2) is 0 Å². The Kier molecular flexibility index (Phi) is 5.73. The molecule has 0 saturated heterocycles. The maximum Gasteiger partial charge on any atom is 0.287 e. The van der Waals surface area contributed by atoms with Crippen LogP contribution in [0.15, 0.2) is 71.3 Å². The third-order valence-electron chi connectivity index (χ3n) is 4.92. The van der Waals surface area contributed by atoms with E-state index < -0.39 is 17.9 Å². The van der Waals surface area contributed by atoms with E-state index in [0.29, 0.717) is 28.1 Å². The van der Waals surface area contributed by atoms with E-state index in [0.717, 1.165) is 11.1 Å². The van der Waals surface area contributed by atoms with Crippen LogP contribution in [0.1, 0.15) is 16.1 Å². The summed E-state index contributed by atoms with van der Waals surface area (Å²) in [6.07, 6.45) is 1.70. The first-order chi connectivity index (χ1) is 16.2. The largest absolute Gasteiger partial charge is 0.459 e. The molecule has 3 heterocycles. The van der Waals surface area contributed by atoms with Gasteiger partial charge in [0.15, 0.2) is 17.3 Å². The van der Waals surface area contributed by atoms with Crippen LogP contribution >= 0.6 is 11.3 Å². The van der Waals surface area contributed by atoms with Crippen molar-refractivity contribution in [3.8, 4) is 22.1 Å². The van der Waals surface area contributed by atoms with Gasteiger partial charge in [-0.1, -0.05) is 41.7 Å². The zero-order valence-corrected chi connectivity index (χ0v) is 18.0. The first-order valence-corrected chi connectivity index (χ1v) is 10.9. The maximum atomic E-state index is 13.1. The molecule has 10 heteroatoms. The monoisotopic (exact) mass is 462 g/mol. The van der Waals surface area contributed by atoms with Crippen LogP contribution in [-0.4, -0.2) is 34.8 Å². The topological polar surface area (TPSA) is 116 Å². The number of nitrogens with one attached hydrogen (secondary N) is 2. The molecule has 2 amide bonds. The summed E-state index contributed by atoms with van der Waals surface area (Å²) < 4.78 is 15.9. The number of carbonyl (C=O) groups excluding carboxylic acids is 2. The molecule has 0 saturated carbocycles. The van der Waals surface area contributed by atoms with E-state index in [2.05, 4.69) is 20.8 Å². The zero-order chi connectivity index (χ0) is 22.6. The predicted octanol–water partition coefficient (Wildman–Crippen LogP) is 3.51. The summed E-state index contributed by atoms with van der Waals surface area (Å²) in [5.74, 6) is 0.549. The minimum absolute atomic E-state index is 0.127. The molecule has 2 aromatic carbocycles. The molecule has 0 spiro atoms. The molecule has 0 fully saturated rings. The number of rotatable bonds is 7. The molecule has 33 heavy (non-hydrogen) atoms. The Balaban J connectivity index is 1.32. The SMILES string of the molecule is O=C(NC(Cc1ccccc1)C(=O)Nc1nnc(-c2ccc3c(c2)OCO3)s1)c1ccco1. The van der Waals surface area contributed by atoms with Gasteiger partial charge < -0.3 is 19.2 Å². The third-order valence-corrected chi connectivity index (χ3v) is 5.81. The molecule has 166 valence electrons. The minimum Gasteiger partial charge on any atom is -0.459 e. The lowest BCUT2D eigenvalue weighted by Gasteiger charge is -2.17. The van der Waals surface area contributed by atoms with E-state index in [4.69, 9.17) is 13.9 Å². The summed E-state index contributed by atoms with van der Waals surface area (Å²) in [7, 11) is 0. The van der Waals surface area contributed by atoms with Crippen molar-refractivity contribution in [2.45, 2.75) is 12.5 Å². The first-order valence-electron chi connectivity index (χ1n) is 10.1. The van der Waals surface area contributed by atoms with E-state index in [1.54, 1.807) is 12.1 Å². The van der Waals surface area contributed by atoms with Crippen molar-refractivity contribution in [1.82, 2.24) is 15.5 Å². The number of ether oxygens (including phenoxy) is 2. The Labute approximate surface area is 192 Å². The average Bonchev–Trinajstić information content (AvgIpc) is 3.60. The maximum absolute atomic E-state index is 13.1. The molecule has 0 aliphatic carbocycles. The second kappa shape index (κ2) is 9.13. The summed E-state index contributed by atoms with van der Waals surface area (Å²) in [6.45, 7) is 0.183. The van der Waals surface area contributed by atoms with Crippen LogP contribution in [0, 0.1) is 0 Å². The number of amides is 2. The summed E-state index contributed by atoms with van der Waals surface area (Å²) in [6, 6.07) is 17.2. The average molecular weight is 462 g/mol. The molecule has 1 aliphatic rings. The Bertz CT molecular complexity index is 1270. The Morgan fingerprint density at radius 2 is 1.85 bits per heavy atom. The smallest absolute Gasteiger partial charge is 0.287 e. The molecule has 0 radical (unpaired) electrons. The molecule has 2 N–H and O–H groups in total. The molecule has 1 atom stereocenters. The van der Waals surface area contributed by atoms with Gasteiger partial charge in [-0.3, -0.25) is 14.9 Å². The van der Waals surface area contributed by atoms with E-state index >= 15 is 0 Å². The highest BCUT2D eigenvalue weighted by atomic mass is 32.1. The van der Waals surface area contributed by atoms with Crippen molar-refractivity contribution in [3.05, 3.63) is 78.3 Å². The van der Waals surface area contributed by atoms with Gasteiger partial charge in [0.2, 0.25) is 17.8 Å². The van der Waals surface area contributed by atoms with E-state index in [9.17, 15) is 9.59 Å². The predicted molar refractivity (Wildman–Crippen MR) is 120 cm³/mol. The molecule has 0 bridgehead atoms. The van der Waals surface area contributed by atoms with Crippen molar-refractivity contribution in [1.29, 1.82) is 0 Å². The van der Waals surface area contributed by atoms with Crippen LogP contribution in [-0.2, 0) is 11.2 Å². The lowest BCUT2D eigenvalue weighted by atomic mass is 10.1. The first kappa shape index (κ1) is 20.7. The quantitative estimate of drug-likeness (QED) is 0.432. The molecule has 5 rings (SSSR count). The van der Waals surface area contributed by atoms with Gasteiger partial charge in [0, 0.05) is 12.0 Å². The van der Waals surface area contributed by atoms with Gasteiger partial charge in [0.1, 0.15) is 11.0 Å². The number of aromatic nitrogens is 2. The van der Waals surface area contributed by atoms with Gasteiger partial charge in [0.05, 0.1) is 6.26 Å². The Hall–Kier alpha value is -4.18. The normalized spacial score (nSPS) is 12.8. The van der Waals surface area contributed by atoms with Gasteiger partial charge in [-0.05, 0) is 35.9 Å². The summed E-state index contributed by atoms with van der Waals surface area (Å²) in [5.41, 5.74) is 1.69. The Morgan fingerprint density at radius 1 is 1.00 bits per heavy atom. The second-order valence-corrected chi connectivity index (χ2v) is 8.14. The van der Waals surface area contributed by atoms with E-state index in [1.165, 1.54) is 23.7 Å². The van der Waals surface area contributed by atoms with Crippen LogP contribution < -0.4 is 20.1 Å². The fraction of sp³-hybridized carbons (Fsp3) is 0.130. The van der Waals surface area contributed by atoms with Crippen LogP contribution in [0.5, 0.6) is 11.5 Å². The minimum atomic E-state index is -0.845. The highest BCUT2D eigenvalue weighted by Crippen LogP contribution is 2.37. The van der Waals surface area contributed by atoms with Gasteiger partial charge in [0.25, 0.3) is 5.91 Å². The second-order valence-electron chi connectivity index (χ2n) is 7.16. The van der Waals surface area contributed by atoms with Crippen molar-refractivity contribution < 1.29 is 23.5 Å². The molecule has 2 aromatic heterocycles. The van der Waals surface area contributed by atoms with Gasteiger partial charge >= 0.3 is 0 Å². The number of carbonyl (C=O) groups is 2. The lowest BCUT2D eigenvalue weighted by molar-refractivity contribution is -0.118. The van der Waals surface area contributed by atoms with Crippen LogP contribution in [0.25, 0.3) is 10.6 Å². The van der Waals surface area contributed by atoms with Crippen molar-refractivity contribution in [2.75, 3.05) is 12.1 Å². The highest BCUT2D eigenvalue weighted by molar-refractivity contribution is 7.18. The molecule has 1 aliphatic heterocycles. The molecule has 1 unspecified atom stereocenters. The number of fused-ring (bicyclic) bond motifs is 1. The van der Waals surface area contributed by atoms with Gasteiger partial charge in [-0.2, -0.15) is 0 Å². The summed E-state index contributed by atoms with van der Waals surface area (Å²) in [5, 5.41) is 14.7. The van der Waals surface area contributed by atoms with Crippen LogP contribution in [0.4, 0.5) is 5.13 Å². The lowest BCUT2D eigenvalue weighted by Crippen LogP contribution is -2.45.